The van der Waals surface area contributed by atoms with E-state index in [1.165, 1.54) is 0 Å². The van der Waals surface area contributed by atoms with Gasteiger partial charge in [-0.3, -0.25) is 0 Å². The van der Waals surface area contributed by atoms with Crippen molar-refractivity contribution in [2.75, 3.05) is 26.3 Å². The predicted molar refractivity (Wildman–Crippen MR) is 72.0 cm³/mol. The van der Waals surface area contributed by atoms with Gasteiger partial charge in [0.15, 0.2) is 5.57 Å². The first-order chi connectivity index (χ1) is 9.26. The molecule has 0 unspecified atom stereocenters. The molecule has 0 amide bonds. The maximum Gasteiger partial charge on any atom is 0.153 e. The number of morpholine rings is 1. The lowest BCUT2D eigenvalue weighted by Gasteiger charge is -2.31. The molecule has 0 radical (unpaired) electrons. The van der Waals surface area contributed by atoms with Gasteiger partial charge in [-0.1, -0.05) is 23.7 Å². The molecule has 2 rings (SSSR count). The van der Waals surface area contributed by atoms with Crippen molar-refractivity contribution in [2.24, 2.45) is 0 Å². The number of allylic oxidation sites excluding steroid dienone is 1. The summed E-state index contributed by atoms with van der Waals surface area (Å²) >= 11 is 5.87. The van der Waals surface area contributed by atoms with E-state index in [9.17, 15) is 0 Å². The largest absolute Gasteiger partial charge is 0.378 e. The zero-order chi connectivity index (χ0) is 13.7. The minimum Gasteiger partial charge on any atom is -0.378 e. The van der Waals surface area contributed by atoms with E-state index in [2.05, 4.69) is 0 Å². The Morgan fingerprint density at radius 2 is 1.68 bits per heavy atom. The van der Waals surface area contributed by atoms with E-state index in [1.807, 2.05) is 29.2 Å². The first kappa shape index (κ1) is 13.4. The van der Waals surface area contributed by atoms with Crippen LogP contribution in [0.15, 0.2) is 29.8 Å². The third-order valence-electron chi connectivity index (χ3n) is 2.91. The van der Waals surface area contributed by atoms with Gasteiger partial charge >= 0.3 is 0 Å². The average Bonchev–Trinajstić information content (AvgIpc) is 2.47. The van der Waals surface area contributed by atoms with Crippen LogP contribution in [0, 0.1) is 22.7 Å². The summed E-state index contributed by atoms with van der Waals surface area (Å²) in [6, 6.07) is 11.1. The molecule has 0 bridgehead atoms. The fourth-order valence-corrected chi connectivity index (χ4v) is 2.14. The zero-order valence-corrected chi connectivity index (χ0v) is 11.0. The molecule has 1 saturated heterocycles. The smallest absolute Gasteiger partial charge is 0.153 e. The molecule has 96 valence electrons. The molecule has 0 saturated carbocycles. The minimum atomic E-state index is 0.115. The van der Waals surface area contributed by atoms with Gasteiger partial charge in [-0.25, -0.2) is 0 Å². The van der Waals surface area contributed by atoms with Gasteiger partial charge in [-0.2, -0.15) is 10.5 Å². The van der Waals surface area contributed by atoms with E-state index >= 15 is 0 Å². The first-order valence-electron chi connectivity index (χ1n) is 5.89. The van der Waals surface area contributed by atoms with Crippen LogP contribution in [-0.4, -0.2) is 31.2 Å². The molecule has 1 aliphatic rings. The van der Waals surface area contributed by atoms with E-state index < -0.39 is 0 Å². The zero-order valence-electron chi connectivity index (χ0n) is 10.3. The Morgan fingerprint density at radius 3 is 2.21 bits per heavy atom. The Balaban J connectivity index is 2.46. The molecular weight excluding hydrogens is 262 g/mol. The van der Waals surface area contributed by atoms with Crippen molar-refractivity contribution < 1.29 is 4.74 Å². The molecule has 0 atom stereocenters. The molecule has 4 nitrogen and oxygen atoms in total. The second kappa shape index (κ2) is 6.24. The van der Waals surface area contributed by atoms with Crippen LogP contribution in [0.2, 0.25) is 5.02 Å². The molecule has 0 aliphatic carbocycles. The van der Waals surface area contributed by atoms with Crippen LogP contribution in [0.1, 0.15) is 5.56 Å². The molecule has 1 aliphatic heterocycles. The van der Waals surface area contributed by atoms with Gasteiger partial charge in [-0.15, -0.1) is 0 Å². The summed E-state index contributed by atoms with van der Waals surface area (Å²) in [4.78, 5) is 2.01. The lowest BCUT2D eigenvalue weighted by atomic mass is 10.1. The molecule has 1 heterocycles. The molecular formula is C14H12ClN3O. The van der Waals surface area contributed by atoms with Gasteiger partial charge in [0, 0.05) is 23.7 Å². The van der Waals surface area contributed by atoms with Gasteiger partial charge in [0.25, 0.3) is 0 Å². The van der Waals surface area contributed by atoms with Crippen molar-refractivity contribution in [1.82, 2.24) is 4.90 Å². The Hall–Kier alpha value is -2.01. The van der Waals surface area contributed by atoms with Gasteiger partial charge in [0.05, 0.1) is 18.9 Å². The van der Waals surface area contributed by atoms with E-state index in [0.29, 0.717) is 37.0 Å². The van der Waals surface area contributed by atoms with Gasteiger partial charge in [-0.05, 0) is 12.1 Å². The topological polar surface area (TPSA) is 60.0 Å². The van der Waals surface area contributed by atoms with Crippen molar-refractivity contribution >= 4 is 17.3 Å². The summed E-state index contributed by atoms with van der Waals surface area (Å²) < 4.78 is 5.30. The molecule has 1 aromatic carbocycles. The Labute approximate surface area is 117 Å². The fourth-order valence-electron chi connectivity index (χ4n) is 2.01. The second-order valence-electron chi connectivity index (χ2n) is 4.05. The van der Waals surface area contributed by atoms with E-state index in [-0.39, 0.29) is 5.57 Å². The standard InChI is InChI=1S/C14H12ClN3O/c15-13-3-1-11(2-4-13)14(12(9-16)10-17)18-5-7-19-8-6-18/h1-4H,5-8H2. The Kier molecular flexibility index (Phi) is 4.41. The second-order valence-corrected chi connectivity index (χ2v) is 4.49. The average molecular weight is 274 g/mol. The van der Waals surface area contributed by atoms with Crippen molar-refractivity contribution in [3.05, 3.63) is 40.4 Å². The SMILES string of the molecule is N#CC(C#N)=C(c1ccc(Cl)cc1)N1CCOCC1. The number of nitriles is 2. The van der Waals surface area contributed by atoms with Crippen LogP contribution in [0.5, 0.6) is 0 Å². The molecule has 1 fully saturated rings. The normalized spacial score (nSPS) is 14.4. The third kappa shape index (κ3) is 3.06. The summed E-state index contributed by atoms with van der Waals surface area (Å²) in [6.45, 7) is 2.54. The highest BCUT2D eigenvalue weighted by Gasteiger charge is 2.19. The number of nitrogens with zero attached hydrogens (tertiary/aromatic N) is 3. The highest BCUT2D eigenvalue weighted by molar-refractivity contribution is 6.30. The molecule has 1 aromatic rings. The van der Waals surface area contributed by atoms with Crippen molar-refractivity contribution in [3.63, 3.8) is 0 Å². The molecule has 0 N–H and O–H groups in total. The van der Waals surface area contributed by atoms with Gasteiger partial charge in [0.1, 0.15) is 12.1 Å². The Morgan fingerprint density at radius 1 is 1.11 bits per heavy atom. The number of benzene rings is 1. The van der Waals surface area contributed by atoms with Crippen LogP contribution >= 0.6 is 11.6 Å². The maximum atomic E-state index is 9.13. The van der Waals surface area contributed by atoms with Crippen molar-refractivity contribution in [3.8, 4) is 12.1 Å². The van der Waals surface area contributed by atoms with Gasteiger partial charge in [0.2, 0.25) is 0 Å². The minimum absolute atomic E-state index is 0.115. The number of hydrogen-bond donors (Lipinski definition) is 0. The first-order valence-corrected chi connectivity index (χ1v) is 6.27. The quantitative estimate of drug-likeness (QED) is 0.777. The third-order valence-corrected chi connectivity index (χ3v) is 3.16. The lowest BCUT2D eigenvalue weighted by molar-refractivity contribution is 0.0638. The summed E-state index contributed by atoms with van der Waals surface area (Å²) in [5.74, 6) is 0. The molecule has 0 spiro atoms. The maximum absolute atomic E-state index is 9.13. The molecule has 5 heteroatoms. The van der Waals surface area contributed by atoms with Crippen molar-refractivity contribution in [1.29, 1.82) is 10.5 Å². The molecule has 0 aromatic heterocycles. The van der Waals surface area contributed by atoms with E-state index in [0.717, 1.165) is 5.56 Å². The highest BCUT2D eigenvalue weighted by atomic mass is 35.5. The van der Waals surface area contributed by atoms with Crippen LogP contribution in [0.25, 0.3) is 5.70 Å². The number of ether oxygens (including phenoxy) is 1. The van der Waals surface area contributed by atoms with Crippen LogP contribution in [-0.2, 0) is 4.74 Å². The van der Waals surface area contributed by atoms with E-state index in [4.69, 9.17) is 26.9 Å². The van der Waals surface area contributed by atoms with Crippen molar-refractivity contribution in [2.45, 2.75) is 0 Å². The monoisotopic (exact) mass is 273 g/mol. The number of halogens is 1. The predicted octanol–water partition coefficient (Wildman–Crippen LogP) is 2.43. The van der Waals surface area contributed by atoms with Crippen LogP contribution in [0.4, 0.5) is 0 Å². The summed E-state index contributed by atoms with van der Waals surface area (Å²) in [5.41, 5.74) is 1.60. The van der Waals surface area contributed by atoms with Crippen LogP contribution < -0.4 is 0 Å². The fraction of sp³-hybridized carbons (Fsp3) is 0.286. The van der Waals surface area contributed by atoms with E-state index in [1.54, 1.807) is 12.1 Å². The number of rotatable bonds is 2. The summed E-state index contributed by atoms with van der Waals surface area (Å²) in [5, 5.41) is 18.9. The van der Waals surface area contributed by atoms with Crippen LogP contribution in [0.3, 0.4) is 0 Å². The highest BCUT2D eigenvalue weighted by Crippen LogP contribution is 2.25. The summed E-state index contributed by atoms with van der Waals surface area (Å²) in [6.07, 6.45) is 0. The molecule has 19 heavy (non-hydrogen) atoms. The van der Waals surface area contributed by atoms with Gasteiger partial charge < -0.3 is 9.64 Å². The number of hydrogen-bond acceptors (Lipinski definition) is 4. The Bertz CT molecular complexity index is 544. The lowest BCUT2D eigenvalue weighted by Crippen LogP contribution is -2.35. The summed E-state index contributed by atoms with van der Waals surface area (Å²) in [7, 11) is 0.